The summed E-state index contributed by atoms with van der Waals surface area (Å²) in [6.07, 6.45) is 0. The molecule has 2 aliphatic rings. The largest absolute Gasteiger partial charge is 0.673 e. The Hall–Kier alpha value is -1.77. The van der Waals surface area contributed by atoms with Gasteiger partial charge in [0.05, 0.1) is 12.3 Å². The van der Waals surface area contributed by atoms with E-state index in [1.807, 2.05) is 0 Å². The van der Waals surface area contributed by atoms with Gasteiger partial charge >= 0.3 is 7.25 Å². The van der Waals surface area contributed by atoms with E-state index in [1.165, 1.54) is 28.2 Å². The van der Waals surface area contributed by atoms with Crippen LogP contribution in [0.15, 0.2) is 12.1 Å². The summed E-state index contributed by atoms with van der Waals surface area (Å²) in [6, 6.07) is 4.91. The molecule has 0 saturated heterocycles. The lowest BCUT2D eigenvalue weighted by atomic mass is 9.86. The lowest BCUT2D eigenvalue weighted by Gasteiger charge is -2.32. The molecule has 3 rings (SSSR count). The van der Waals surface area contributed by atoms with Crippen LogP contribution >= 0.6 is 0 Å². The maximum Gasteiger partial charge on any atom is 0.673 e. The summed E-state index contributed by atoms with van der Waals surface area (Å²) in [6.45, 7) is 15.8. The lowest BCUT2D eigenvalue weighted by molar-refractivity contribution is -0.585. The Morgan fingerprint density at radius 1 is 1.11 bits per heavy atom. The van der Waals surface area contributed by atoms with Crippen molar-refractivity contribution in [2.75, 3.05) is 24.9 Å². The van der Waals surface area contributed by atoms with Crippen molar-refractivity contribution in [1.29, 1.82) is 0 Å². The van der Waals surface area contributed by atoms with Gasteiger partial charge in [-0.05, 0) is 31.9 Å². The second-order valence-corrected chi connectivity index (χ2v) is 8.24. The van der Waals surface area contributed by atoms with Crippen LogP contribution in [0.5, 0.6) is 0 Å². The Morgan fingerprint density at radius 2 is 1.63 bits per heavy atom. The number of hydrazine groups is 1. The van der Waals surface area contributed by atoms with Gasteiger partial charge in [0.25, 0.3) is 5.84 Å². The number of halogens is 4. The Labute approximate surface area is 158 Å². The fourth-order valence-corrected chi connectivity index (χ4v) is 3.69. The van der Waals surface area contributed by atoms with Crippen molar-refractivity contribution >= 4 is 18.8 Å². The molecule has 0 fully saturated rings. The quantitative estimate of drug-likeness (QED) is 0.446. The molecular weight excluding hydrogens is 361 g/mol. The zero-order chi connectivity index (χ0) is 20.6. The monoisotopic (exact) mass is 389 g/mol. The van der Waals surface area contributed by atoms with E-state index in [0.717, 1.165) is 13.3 Å². The number of benzene rings is 1. The summed E-state index contributed by atoms with van der Waals surface area (Å²) in [5.41, 5.74) is 9.01. The van der Waals surface area contributed by atoms with Crippen molar-refractivity contribution in [3.63, 3.8) is 0 Å². The first-order valence-corrected chi connectivity index (χ1v) is 8.97. The van der Waals surface area contributed by atoms with E-state index >= 15 is 0 Å². The zero-order valence-electron chi connectivity index (χ0n) is 16.7. The van der Waals surface area contributed by atoms with E-state index in [4.69, 9.17) is 4.74 Å². The molecule has 4 nitrogen and oxygen atoms in total. The van der Waals surface area contributed by atoms with Crippen LogP contribution in [0.1, 0.15) is 37.5 Å². The lowest BCUT2D eigenvalue weighted by Crippen LogP contribution is -2.48. The average Bonchev–Trinajstić information content (AvgIpc) is 2.86. The van der Waals surface area contributed by atoms with Crippen LogP contribution in [0, 0.1) is 26.2 Å². The summed E-state index contributed by atoms with van der Waals surface area (Å²) in [5.74, 6) is 1.19. The second kappa shape index (κ2) is 7.69. The van der Waals surface area contributed by atoms with E-state index in [1.54, 1.807) is 0 Å². The van der Waals surface area contributed by atoms with Crippen molar-refractivity contribution in [2.24, 2.45) is 5.41 Å². The van der Waals surface area contributed by atoms with Crippen molar-refractivity contribution in [3.05, 3.63) is 28.8 Å². The Bertz CT molecular complexity index is 699. The third-order valence-electron chi connectivity index (χ3n) is 4.70. The fraction of sp³-hybridized carbons (Fsp3) is 0.611. The molecule has 27 heavy (non-hydrogen) atoms. The van der Waals surface area contributed by atoms with Crippen LogP contribution < -0.4 is 10.4 Å². The summed E-state index contributed by atoms with van der Waals surface area (Å²) in [4.78, 5) is 0. The third-order valence-corrected chi connectivity index (χ3v) is 4.70. The summed E-state index contributed by atoms with van der Waals surface area (Å²) in [5, 5.41) is 2.27. The molecule has 1 aromatic rings. The number of anilines is 1. The molecule has 0 saturated carbocycles. The predicted octanol–water partition coefficient (Wildman–Crippen LogP) is 4.05. The highest BCUT2D eigenvalue weighted by atomic mass is 19.5. The molecule has 2 heterocycles. The number of amidine groups is 1. The maximum atomic E-state index is 9.75. The third kappa shape index (κ3) is 5.60. The molecule has 0 aromatic heterocycles. The highest BCUT2D eigenvalue weighted by Gasteiger charge is 2.42. The van der Waals surface area contributed by atoms with Gasteiger partial charge in [-0.2, -0.15) is 10.4 Å². The molecule has 1 aromatic carbocycles. The number of hydrogen-bond donors (Lipinski definition) is 1. The van der Waals surface area contributed by atoms with E-state index in [-0.39, 0.29) is 5.41 Å². The minimum atomic E-state index is -6.00. The minimum Gasteiger partial charge on any atom is -0.418 e. The van der Waals surface area contributed by atoms with Crippen molar-refractivity contribution in [1.82, 2.24) is 5.43 Å². The van der Waals surface area contributed by atoms with E-state index in [0.29, 0.717) is 12.6 Å². The van der Waals surface area contributed by atoms with Gasteiger partial charge in [-0.1, -0.05) is 38.5 Å². The fourth-order valence-electron chi connectivity index (χ4n) is 3.69. The SMILES string of the molecule is Cc1cc(C)c(N2C[N+]3=C(COCC3C(C)(C)C)N2)c(C)c1.F[B-](F)(F)F. The Kier molecular flexibility index (Phi) is 6.14. The Balaban J connectivity index is 0.000000465. The van der Waals surface area contributed by atoms with Crippen molar-refractivity contribution < 1.29 is 26.6 Å². The first kappa shape index (κ1) is 21.5. The number of ether oxygens (including phenoxy) is 1. The summed E-state index contributed by atoms with van der Waals surface area (Å²) >= 11 is 0. The van der Waals surface area contributed by atoms with E-state index in [9.17, 15) is 17.3 Å². The van der Waals surface area contributed by atoms with Gasteiger partial charge in [0.15, 0.2) is 6.67 Å². The van der Waals surface area contributed by atoms with E-state index in [2.05, 4.69) is 68.7 Å². The molecule has 152 valence electrons. The Morgan fingerprint density at radius 3 is 2.11 bits per heavy atom. The molecule has 1 unspecified atom stereocenters. The van der Waals surface area contributed by atoms with Crippen LogP contribution in [0.2, 0.25) is 0 Å². The van der Waals surface area contributed by atoms with Crippen LogP contribution in [-0.4, -0.2) is 43.6 Å². The molecule has 0 radical (unpaired) electrons. The standard InChI is InChI=1S/C18H27N3O.BF4/c1-12-7-13(2)17(14(3)8-12)21-11-20-15(18(4,5)6)9-22-10-16(20)19-21;2-1(3,4)5/h7-8,15H,9-11H2,1-6H3;/q;-1/p+1. The molecule has 9 heteroatoms. The summed E-state index contributed by atoms with van der Waals surface area (Å²) in [7, 11) is -6.00. The van der Waals surface area contributed by atoms with Crippen LogP contribution in [0.25, 0.3) is 0 Å². The molecule has 0 bridgehead atoms. The topological polar surface area (TPSA) is 27.5 Å². The molecule has 1 N–H and O–H groups in total. The van der Waals surface area contributed by atoms with Gasteiger partial charge in [0.1, 0.15) is 12.6 Å². The number of aryl methyl sites for hydroxylation is 3. The maximum absolute atomic E-state index is 9.75. The number of nitrogens with one attached hydrogen (secondary N) is 1. The second-order valence-electron chi connectivity index (χ2n) is 8.24. The first-order valence-electron chi connectivity index (χ1n) is 8.97. The van der Waals surface area contributed by atoms with Gasteiger partial charge in [-0.3, -0.25) is 0 Å². The van der Waals surface area contributed by atoms with Crippen molar-refractivity contribution in [3.8, 4) is 0 Å². The van der Waals surface area contributed by atoms with Gasteiger partial charge in [0.2, 0.25) is 0 Å². The zero-order valence-corrected chi connectivity index (χ0v) is 16.7. The van der Waals surface area contributed by atoms with Gasteiger partial charge in [0, 0.05) is 5.41 Å². The van der Waals surface area contributed by atoms with Crippen LogP contribution in [0.3, 0.4) is 0 Å². The van der Waals surface area contributed by atoms with Gasteiger partial charge in [-0.25, -0.2) is 4.58 Å². The van der Waals surface area contributed by atoms with Crippen molar-refractivity contribution in [2.45, 2.75) is 47.6 Å². The molecule has 2 aliphatic heterocycles. The predicted molar refractivity (Wildman–Crippen MR) is 101 cm³/mol. The number of nitrogens with zero attached hydrogens (tertiary/aromatic N) is 2. The van der Waals surface area contributed by atoms with Crippen LogP contribution in [0.4, 0.5) is 23.0 Å². The highest BCUT2D eigenvalue weighted by molar-refractivity contribution is 6.50. The summed E-state index contributed by atoms with van der Waals surface area (Å²) < 4.78 is 47.3. The highest BCUT2D eigenvalue weighted by Crippen LogP contribution is 2.30. The smallest absolute Gasteiger partial charge is 0.418 e. The number of hydrogen-bond acceptors (Lipinski definition) is 3. The van der Waals surface area contributed by atoms with E-state index < -0.39 is 7.25 Å². The average molecular weight is 389 g/mol. The normalized spacial score (nSPS) is 20.1. The molecule has 1 atom stereocenters. The minimum absolute atomic E-state index is 0.195. The molecule has 0 amide bonds. The van der Waals surface area contributed by atoms with Gasteiger partial charge in [-0.15, -0.1) is 0 Å². The van der Waals surface area contributed by atoms with Crippen LogP contribution in [-0.2, 0) is 4.74 Å². The molecule has 0 aliphatic carbocycles. The molecule has 0 spiro atoms. The number of rotatable bonds is 1. The van der Waals surface area contributed by atoms with Gasteiger partial charge < -0.3 is 22.0 Å². The molecular formula is C18H28BF4N3O. The first-order chi connectivity index (χ1) is 12.3.